The number of hydrogen-bond donors (Lipinski definition) is 0. The van der Waals surface area contributed by atoms with Crippen molar-refractivity contribution in [2.24, 2.45) is 5.92 Å². The predicted molar refractivity (Wildman–Crippen MR) is 107 cm³/mol. The summed E-state index contributed by atoms with van der Waals surface area (Å²) in [6, 6.07) is 19.8. The second kappa shape index (κ2) is 8.87. The summed E-state index contributed by atoms with van der Waals surface area (Å²) in [4.78, 5) is 4.45. The second-order valence-electron chi connectivity index (χ2n) is 7.31. The van der Waals surface area contributed by atoms with Gasteiger partial charge in [-0.15, -0.1) is 0 Å². The van der Waals surface area contributed by atoms with Crippen LogP contribution in [0.5, 0.6) is 17.4 Å². The van der Waals surface area contributed by atoms with Crippen LogP contribution in [-0.2, 0) is 13.0 Å². The van der Waals surface area contributed by atoms with E-state index in [9.17, 15) is 4.39 Å². The molecule has 1 aliphatic rings. The van der Waals surface area contributed by atoms with E-state index in [1.165, 1.54) is 49.8 Å². The zero-order valence-electron chi connectivity index (χ0n) is 15.8. The molecule has 3 aromatic rings. The van der Waals surface area contributed by atoms with Gasteiger partial charge >= 0.3 is 0 Å². The molecule has 1 aromatic heterocycles. The first kappa shape index (κ1) is 18.5. The van der Waals surface area contributed by atoms with Crippen molar-refractivity contribution in [3.63, 3.8) is 0 Å². The molecular formula is C24H24FNO2. The molecule has 1 fully saturated rings. The first-order valence-electron chi connectivity index (χ1n) is 9.86. The molecule has 1 aliphatic carbocycles. The second-order valence-corrected chi connectivity index (χ2v) is 7.31. The van der Waals surface area contributed by atoms with Crippen molar-refractivity contribution in [3.05, 3.63) is 83.8 Å². The molecule has 0 radical (unpaired) electrons. The lowest BCUT2D eigenvalue weighted by Crippen LogP contribution is -2.01. The summed E-state index contributed by atoms with van der Waals surface area (Å²) in [5.41, 5.74) is 2.15. The van der Waals surface area contributed by atoms with Crippen LogP contribution in [0.4, 0.5) is 4.39 Å². The van der Waals surface area contributed by atoms with Gasteiger partial charge in [0.2, 0.25) is 5.88 Å². The molecule has 0 unspecified atom stereocenters. The quantitative estimate of drug-likeness (QED) is 0.482. The standard InChI is InChI=1S/C24H24FNO2/c25-20-10-14-23(15-11-20)28-24-7-3-6-21(26-24)17-27-22-12-8-19(9-13-22)16-18-4-1-2-5-18/h3,6-15,18H,1-2,4-5,16-17H2. The van der Waals surface area contributed by atoms with Crippen LogP contribution >= 0.6 is 0 Å². The summed E-state index contributed by atoms with van der Waals surface area (Å²) >= 11 is 0. The number of benzene rings is 2. The van der Waals surface area contributed by atoms with Crippen molar-refractivity contribution in [3.8, 4) is 17.4 Å². The Labute approximate surface area is 165 Å². The van der Waals surface area contributed by atoms with Gasteiger partial charge in [-0.05, 0) is 60.4 Å². The summed E-state index contributed by atoms with van der Waals surface area (Å²) in [6.45, 7) is 0.364. The molecule has 2 aromatic carbocycles. The normalized spacial score (nSPS) is 14.2. The van der Waals surface area contributed by atoms with Gasteiger partial charge in [0.1, 0.15) is 23.9 Å². The number of rotatable bonds is 7. The maximum absolute atomic E-state index is 13.0. The number of hydrogen-bond acceptors (Lipinski definition) is 3. The Morgan fingerprint density at radius 3 is 2.32 bits per heavy atom. The number of nitrogens with zero attached hydrogens (tertiary/aromatic N) is 1. The fraction of sp³-hybridized carbons (Fsp3) is 0.292. The van der Waals surface area contributed by atoms with Crippen molar-refractivity contribution in [2.75, 3.05) is 0 Å². The Bertz CT molecular complexity index is 887. The third kappa shape index (κ3) is 5.10. The zero-order chi connectivity index (χ0) is 19.2. The summed E-state index contributed by atoms with van der Waals surface area (Å²) in [7, 11) is 0. The van der Waals surface area contributed by atoms with Crippen molar-refractivity contribution >= 4 is 0 Å². The van der Waals surface area contributed by atoms with Crippen molar-refractivity contribution in [1.29, 1.82) is 0 Å². The van der Waals surface area contributed by atoms with E-state index in [4.69, 9.17) is 9.47 Å². The molecule has 1 heterocycles. The lowest BCUT2D eigenvalue weighted by molar-refractivity contribution is 0.299. The first-order valence-corrected chi connectivity index (χ1v) is 9.86. The van der Waals surface area contributed by atoms with E-state index in [1.807, 2.05) is 24.3 Å². The molecule has 0 saturated heterocycles. The number of halogens is 1. The maximum atomic E-state index is 13.0. The minimum atomic E-state index is -0.295. The van der Waals surface area contributed by atoms with Crippen LogP contribution < -0.4 is 9.47 Å². The molecule has 4 heteroatoms. The Morgan fingerprint density at radius 2 is 1.57 bits per heavy atom. The largest absolute Gasteiger partial charge is 0.487 e. The fourth-order valence-electron chi connectivity index (χ4n) is 3.65. The predicted octanol–water partition coefficient (Wildman–Crippen LogP) is 6.32. The third-order valence-corrected chi connectivity index (χ3v) is 5.13. The van der Waals surface area contributed by atoms with Gasteiger partial charge < -0.3 is 9.47 Å². The molecule has 0 spiro atoms. The average Bonchev–Trinajstić information content (AvgIpc) is 3.23. The summed E-state index contributed by atoms with van der Waals surface area (Å²) in [5, 5.41) is 0. The van der Waals surface area contributed by atoms with Gasteiger partial charge in [-0.25, -0.2) is 9.37 Å². The summed E-state index contributed by atoms with van der Waals surface area (Å²) < 4.78 is 24.5. The van der Waals surface area contributed by atoms with Crippen LogP contribution in [0, 0.1) is 11.7 Å². The van der Waals surface area contributed by atoms with Crippen molar-refractivity contribution in [2.45, 2.75) is 38.7 Å². The molecule has 3 nitrogen and oxygen atoms in total. The molecule has 0 aliphatic heterocycles. The molecule has 0 bridgehead atoms. The summed E-state index contributed by atoms with van der Waals surface area (Å²) in [5.74, 6) is 2.39. The van der Waals surface area contributed by atoms with E-state index >= 15 is 0 Å². The highest BCUT2D eigenvalue weighted by Gasteiger charge is 2.15. The van der Waals surface area contributed by atoms with Crippen LogP contribution in [0.25, 0.3) is 0 Å². The highest BCUT2D eigenvalue weighted by molar-refractivity contribution is 5.29. The Balaban J connectivity index is 1.32. The molecular weight excluding hydrogens is 353 g/mol. The van der Waals surface area contributed by atoms with E-state index in [2.05, 4.69) is 17.1 Å². The molecule has 1 saturated carbocycles. The van der Waals surface area contributed by atoms with Gasteiger partial charge in [-0.1, -0.05) is 43.9 Å². The highest BCUT2D eigenvalue weighted by Crippen LogP contribution is 2.28. The summed E-state index contributed by atoms with van der Waals surface area (Å²) in [6.07, 6.45) is 6.65. The Hall–Kier alpha value is -2.88. The SMILES string of the molecule is Fc1ccc(Oc2cccc(COc3ccc(CC4CCCC4)cc3)n2)cc1. The first-order chi connectivity index (χ1) is 13.7. The third-order valence-electron chi connectivity index (χ3n) is 5.13. The minimum absolute atomic E-state index is 0.295. The molecule has 0 N–H and O–H groups in total. The molecule has 144 valence electrons. The maximum Gasteiger partial charge on any atom is 0.219 e. The van der Waals surface area contributed by atoms with Crippen molar-refractivity contribution in [1.82, 2.24) is 4.98 Å². The highest BCUT2D eigenvalue weighted by atomic mass is 19.1. The van der Waals surface area contributed by atoms with E-state index in [1.54, 1.807) is 18.2 Å². The number of ether oxygens (including phenoxy) is 2. The van der Waals surface area contributed by atoms with Crippen LogP contribution in [0.1, 0.15) is 36.9 Å². The lowest BCUT2D eigenvalue weighted by atomic mass is 9.98. The van der Waals surface area contributed by atoms with Gasteiger partial charge in [-0.3, -0.25) is 0 Å². The zero-order valence-corrected chi connectivity index (χ0v) is 15.8. The molecule has 0 amide bonds. The van der Waals surface area contributed by atoms with Crippen LogP contribution in [0.3, 0.4) is 0 Å². The van der Waals surface area contributed by atoms with E-state index in [0.29, 0.717) is 18.2 Å². The Morgan fingerprint density at radius 1 is 0.857 bits per heavy atom. The number of pyridine rings is 1. The Kier molecular flexibility index (Phi) is 5.86. The van der Waals surface area contributed by atoms with Crippen molar-refractivity contribution < 1.29 is 13.9 Å². The number of aromatic nitrogens is 1. The van der Waals surface area contributed by atoms with Gasteiger partial charge in [0.05, 0.1) is 5.69 Å². The van der Waals surface area contributed by atoms with Gasteiger partial charge in [0.15, 0.2) is 0 Å². The van der Waals surface area contributed by atoms with Gasteiger partial charge in [-0.2, -0.15) is 0 Å². The topological polar surface area (TPSA) is 31.4 Å². The van der Waals surface area contributed by atoms with Crippen LogP contribution in [0.15, 0.2) is 66.7 Å². The fourth-order valence-corrected chi connectivity index (χ4v) is 3.65. The van der Waals surface area contributed by atoms with Crippen LogP contribution in [0.2, 0.25) is 0 Å². The van der Waals surface area contributed by atoms with E-state index in [0.717, 1.165) is 17.4 Å². The van der Waals surface area contributed by atoms with E-state index in [-0.39, 0.29) is 5.82 Å². The average molecular weight is 377 g/mol. The molecule has 4 rings (SSSR count). The van der Waals surface area contributed by atoms with Crippen LogP contribution in [-0.4, -0.2) is 4.98 Å². The monoisotopic (exact) mass is 377 g/mol. The molecule has 0 atom stereocenters. The van der Waals surface area contributed by atoms with Gasteiger partial charge in [0.25, 0.3) is 0 Å². The van der Waals surface area contributed by atoms with E-state index < -0.39 is 0 Å². The molecule has 28 heavy (non-hydrogen) atoms. The smallest absolute Gasteiger partial charge is 0.219 e. The van der Waals surface area contributed by atoms with Gasteiger partial charge in [0, 0.05) is 6.07 Å². The minimum Gasteiger partial charge on any atom is -0.487 e. The lowest BCUT2D eigenvalue weighted by Gasteiger charge is -2.11.